The fourth-order valence-corrected chi connectivity index (χ4v) is 7.16. The molecule has 5 aliphatic rings. The van der Waals surface area contributed by atoms with E-state index >= 15 is 0 Å². The van der Waals surface area contributed by atoms with Gasteiger partial charge < -0.3 is 28.4 Å². The van der Waals surface area contributed by atoms with Crippen LogP contribution in [-0.2, 0) is 39.6 Å². The van der Waals surface area contributed by atoms with Gasteiger partial charge in [0.05, 0.1) is 7.11 Å². The molecule has 8 heteroatoms. The Morgan fingerprint density at radius 1 is 0.923 bits per heavy atom. The minimum atomic E-state index is -1.11. The molecule has 3 aliphatic heterocycles. The van der Waals surface area contributed by atoms with Crippen molar-refractivity contribution in [3.63, 3.8) is 0 Å². The highest BCUT2D eigenvalue weighted by Gasteiger charge is 2.63. The molecule has 5 fully saturated rings. The van der Waals surface area contributed by atoms with Crippen LogP contribution in [0.5, 0.6) is 0 Å². The Balaban J connectivity index is 1.32. The molecule has 0 bridgehead atoms. The Labute approximate surface area is 231 Å². The molecule has 0 N–H and O–H groups in total. The number of ether oxygens (including phenoxy) is 6. The van der Waals surface area contributed by atoms with Crippen LogP contribution in [0.3, 0.4) is 0 Å². The fraction of sp³-hybridized carbons (Fsp3) is 0.742. The van der Waals surface area contributed by atoms with E-state index in [0.717, 1.165) is 56.9 Å². The van der Waals surface area contributed by atoms with Crippen LogP contribution in [0.15, 0.2) is 35.3 Å². The molecule has 1 aromatic rings. The summed E-state index contributed by atoms with van der Waals surface area (Å²) < 4.78 is 38.5. The number of methoxy groups -OCH3 is 1. The summed E-state index contributed by atoms with van der Waals surface area (Å²) in [4.78, 5) is 18.3. The topological polar surface area (TPSA) is 84.8 Å². The summed E-state index contributed by atoms with van der Waals surface area (Å²) in [5.74, 6) is -1.71. The number of carbonyl (C=O) groups is 1. The first-order valence-corrected chi connectivity index (χ1v) is 14.9. The SMILES string of the molecule is COC(=O)[C@@](Cc1ccccc1)(N=C[C@H]1O[C@@H]2OC3(CCCCC3)O[C@@H]2[C@H]2OC3(CCCCC3)O[C@H]21)C(C)C. The predicted molar refractivity (Wildman–Crippen MR) is 144 cm³/mol. The van der Waals surface area contributed by atoms with Crippen LogP contribution in [0.4, 0.5) is 0 Å². The lowest BCUT2D eigenvalue weighted by molar-refractivity contribution is -0.240. The van der Waals surface area contributed by atoms with Gasteiger partial charge in [-0.05, 0) is 37.2 Å². The van der Waals surface area contributed by atoms with E-state index in [2.05, 4.69) is 0 Å². The number of fused-ring (bicyclic) bond motifs is 3. The fourth-order valence-electron chi connectivity index (χ4n) is 7.16. The van der Waals surface area contributed by atoms with Crippen molar-refractivity contribution in [3.8, 4) is 0 Å². The summed E-state index contributed by atoms with van der Waals surface area (Å²) >= 11 is 0. The molecule has 0 amide bonds. The van der Waals surface area contributed by atoms with Crippen LogP contribution in [0, 0.1) is 5.92 Å². The lowest BCUT2D eigenvalue weighted by Gasteiger charge is -2.37. The number of benzene rings is 1. The van der Waals surface area contributed by atoms with Crippen LogP contribution >= 0.6 is 0 Å². The third kappa shape index (κ3) is 5.08. The smallest absolute Gasteiger partial charge is 0.334 e. The van der Waals surface area contributed by atoms with Crippen molar-refractivity contribution in [1.29, 1.82) is 0 Å². The normalized spacial score (nSPS) is 34.7. The van der Waals surface area contributed by atoms with Crippen LogP contribution in [0.1, 0.15) is 83.6 Å². The molecule has 39 heavy (non-hydrogen) atoms. The summed E-state index contributed by atoms with van der Waals surface area (Å²) in [5.41, 5.74) is -0.0876. The van der Waals surface area contributed by atoms with E-state index in [-0.39, 0.29) is 24.1 Å². The second-order valence-electron chi connectivity index (χ2n) is 12.3. The molecule has 0 unspecified atom stereocenters. The third-order valence-corrected chi connectivity index (χ3v) is 9.41. The minimum Gasteiger partial charge on any atom is -0.467 e. The van der Waals surface area contributed by atoms with Gasteiger partial charge in [-0.2, -0.15) is 0 Å². The van der Waals surface area contributed by atoms with Crippen molar-refractivity contribution in [1.82, 2.24) is 0 Å². The van der Waals surface area contributed by atoms with E-state index in [1.807, 2.05) is 44.2 Å². The van der Waals surface area contributed by atoms with Gasteiger partial charge in [-0.25, -0.2) is 4.79 Å². The molecule has 1 aromatic carbocycles. The monoisotopic (exact) mass is 541 g/mol. The van der Waals surface area contributed by atoms with E-state index in [0.29, 0.717) is 6.42 Å². The zero-order chi connectivity index (χ0) is 27.1. The van der Waals surface area contributed by atoms with Gasteiger partial charge in [0, 0.05) is 38.3 Å². The molecule has 214 valence electrons. The Morgan fingerprint density at radius 3 is 2.13 bits per heavy atom. The number of hydrogen-bond donors (Lipinski definition) is 0. The average Bonchev–Trinajstić information content (AvgIpc) is 3.49. The Hall–Kier alpha value is -1.84. The zero-order valence-electron chi connectivity index (χ0n) is 23.5. The Morgan fingerprint density at radius 2 is 1.51 bits per heavy atom. The lowest BCUT2D eigenvalue weighted by atomic mass is 9.81. The van der Waals surface area contributed by atoms with E-state index in [9.17, 15) is 4.79 Å². The van der Waals surface area contributed by atoms with Gasteiger partial charge in [-0.3, -0.25) is 4.99 Å². The summed E-state index contributed by atoms with van der Waals surface area (Å²) in [5, 5.41) is 0. The van der Waals surface area contributed by atoms with Crippen molar-refractivity contribution in [2.24, 2.45) is 10.9 Å². The van der Waals surface area contributed by atoms with Crippen molar-refractivity contribution in [2.75, 3.05) is 7.11 Å². The molecule has 3 heterocycles. The number of esters is 1. The maximum Gasteiger partial charge on any atom is 0.334 e. The van der Waals surface area contributed by atoms with Gasteiger partial charge in [0.25, 0.3) is 0 Å². The maximum atomic E-state index is 13.3. The second-order valence-corrected chi connectivity index (χ2v) is 12.3. The molecular weight excluding hydrogens is 498 g/mol. The third-order valence-electron chi connectivity index (χ3n) is 9.41. The molecule has 3 saturated heterocycles. The molecule has 2 saturated carbocycles. The van der Waals surface area contributed by atoms with E-state index in [1.165, 1.54) is 20.0 Å². The second kappa shape index (κ2) is 10.9. The Kier molecular flexibility index (Phi) is 7.61. The average molecular weight is 542 g/mol. The van der Waals surface area contributed by atoms with Crippen LogP contribution in [0.2, 0.25) is 0 Å². The first-order valence-electron chi connectivity index (χ1n) is 14.9. The maximum absolute atomic E-state index is 13.3. The highest BCUT2D eigenvalue weighted by atomic mass is 16.9. The molecule has 8 nitrogen and oxygen atoms in total. The van der Waals surface area contributed by atoms with Crippen LogP contribution in [0.25, 0.3) is 0 Å². The first kappa shape index (κ1) is 27.3. The minimum absolute atomic E-state index is 0.115. The highest BCUT2D eigenvalue weighted by molar-refractivity contribution is 5.84. The number of aliphatic imine (C=N–C) groups is 1. The van der Waals surface area contributed by atoms with Gasteiger partial charge in [0.15, 0.2) is 23.4 Å². The molecular formula is C31H43NO7. The van der Waals surface area contributed by atoms with Crippen molar-refractivity contribution in [2.45, 2.75) is 132 Å². The molecule has 6 atom stereocenters. The molecule has 0 aromatic heterocycles. The Bertz CT molecular complexity index is 1030. The van der Waals surface area contributed by atoms with Gasteiger partial charge in [-0.15, -0.1) is 0 Å². The summed E-state index contributed by atoms with van der Waals surface area (Å²) in [6.45, 7) is 4.01. The number of carbonyl (C=O) groups excluding carboxylic acids is 1. The van der Waals surface area contributed by atoms with Crippen LogP contribution < -0.4 is 0 Å². The number of hydrogen-bond acceptors (Lipinski definition) is 8. The lowest BCUT2D eigenvalue weighted by Crippen LogP contribution is -2.56. The van der Waals surface area contributed by atoms with Gasteiger partial charge in [0.1, 0.15) is 24.4 Å². The standard InChI is InChI=1S/C31H43NO7/c1-21(2)31(28(33)34-3,19-22-13-7-4-8-14-22)32-20-23-24-25(37-29(36-24)15-9-5-10-16-29)26-27(35-23)39-30(38-26)17-11-6-12-18-30/h4,7-8,13-14,20-21,23-27H,5-6,9-12,15-19H2,1-3H3/t23-,24+,25+,26-,27-,31+/m1/s1. The highest BCUT2D eigenvalue weighted by Crippen LogP contribution is 2.50. The van der Waals surface area contributed by atoms with Gasteiger partial charge in [-0.1, -0.05) is 57.0 Å². The number of nitrogens with zero attached hydrogens (tertiary/aromatic N) is 1. The molecule has 2 spiro atoms. The number of rotatable bonds is 6. The van der Waals surface area contributed by atoms with Gasteiger partial charge in [0.2, 0.25) is 0 Å². The van der Waals surface area contributed by atoms with E-state index < -0.39 is 35.6 Å². The van der Waals surface area contributed by atoms with Crippen molar-refractivity contribution in [3.05, 3.63) is 35.9 Å². The summed E-state index contributed by atoms with van der Waals surface area (Å²) in [6, 6.07) is 9.95. The van der Waals surface area contributed by atoms with E-state index in [1.54, 1.807) is 6.21 Å². The largest absolute Gasteiger partial charge is 0.467 e. The molecule has 2 aliphatic carbocycles. The first-order chi connectivity index (χ1) is 18.9. The predicted octanol–water partition coefficient (Wildman–Crippen LogP) is 5.11. The summed E-state index contributed by atoms with van der Waals surface area (Å²) in [7, 11) is 1.42. The van der Waals surface area contributed by atoms with Crippen molar-refractivity contribution < 1.29 is 33.2 Å². The zero-order valence-corrected chi connectivity index (χ0v) is 23.5. The molecule has 0 radical (unpaired) electrons. The quantitative estimate of drug-likeness (QED) is 0.365. The molecule has 6 rings (SSSR count). The van der Waals surface area contributed by atoms with Crippen molar-refractivity contribution >= 4 is 12.2 Å². The van der Waals surface area contributed by atoms with E-state index in [4.69, 9.17) is 33.4 Å². The van der Waals surface area contributed by atoms with Crippen LogP contribution in [-0.4, -0.2) is 67.1 Å². The van der Waals surface area contributed by atoms with Gasteiger partial charge >= 0.3 is 5.97 Å². The summed E-state index contributed by atoms with van der Waals surface area (Å²) in [6.07, 6.45) is 10.1.